The molecule has 1 aromatic heterocycles. The summed E-state index contributed by atoms with van der Waals surface area (Å²) in [5.74, 6) is 1.64. The van der Waals surface area contributed by atoms with Crippen molar-refractivity contribution >= 4 is 23.8 Å². The highest BCUT2D eigenvalue weighted by atomic mass is 32.2. The van der Waals surface area contributed by atoms with Crippen LogP contribution in [0, 0.1) is 5.82 Å². The SMILES string of the molecule is O=C(O)N[C@H]1CC[C@H](NC(=O)c2cc(F)cnc2Oc2cccc(-c3ccc(CN4CCCN(CCO)CC4)cc3CN3CCSCC3)c2)CC1. The van der Waals surface area contributed by atoms with Gasteiger partial charge >= 0.3 is 6.09 Å². The Bertz CT molecular complexity index is 1630. The third-order valence-corrected chi connectivity index (χ3v) is 10.9. The highest BCUT2D eigenvalue weighted by molar-refractivity contribution is 7.99. The van der Waals surface area contributed by atoms with Gasteiger partial charge in [0.25, 0.3) is 5.91 Å². The van der Waals surface area contributed by atoms with E-state index in [1.807, 2.05) is 30.0 Å². The molecule has 1 saturated carbocycles. The van der Waals surface area contributed by atoms with Crippen molar-refractivity contribution in [2.75, 3.05) is 63.9 Å². The van der Waals surface area contributed by atoms with Crippen LogP contribution in [0.3, 0.4) is 0 Å². The second-order valence-electron chi connectivity index (χ2n) is 13.7. The van der Waals surface area contributed by atoms with Crippen LogP contribution in [0.25, 0.3) is 11.1 Å². The Morgan fingerprint density at radius 1 is 0.882 bits per heavy atom. The number of carbonyl (C=O) groups is 2. The number of nitrogens with one attached hydrogen (secondary N) is 2. The van der Waals surface area contributed by atoms with Crippen molar-refractivity contribution in [3.8, 4) is 22.8 Å². The van der Waals surface area contributed by atoms with Gasteiger partial charge in [-0.25, -0.2) is 14.2 Å². The summed E-state index contributed by atoms with van der Waals surface area (Å²) in [6.07, 6.45) is 3.51. The number of hydrogen-bond donors (Lipinski definition) is 4. The van der Waals surface area contributed by atoms with Gasteiger partial charge in [-0.15, -0.1) is 0 Å². The van der Waals surface area contributed by atoms with Gasteiger partial charge in [-0.3, -0.25) is 19.5 Å². The number of aromatic nitrogens is 1. The topological polar surface area (TPSA) is 130 Å². The number of carbonyl (C=O) groups excluding carboxylic acids is 1. The molecule has 6 rings (SSSR count). The van der Waals surface area contributed by atoms with Gasteiger partial charge in [-0.2, -0.15) is 11.8 Å². The van der Waals surface area contributed by atoms with Crippen molar-refractivity contribution in [2.45, 2.75) is 57.3 Å². The Morgan fingerprint density at radius 3 is 2.37 bits per heavy atom. The molecule has 2 aliphatic heterocycles. The molecule has 3 heterocycles. The molecule has 11 nitrogen and oxygen atoms in total. The summed E-state index contributed by atoms with van der Waals surface area (Å²) >= 11 is 2.00. The fraction of sp³-hybridized carbons (Fsp3) is 0.500. The predicted molar refractivity (Wildman–Crippen MR) is 197 cm³/mol. The van der Waals surface area contributed by atoms with Crippen molar-refractivity contribution in [1.82, 2.24) is 30.3 Å². The molecule has 274 valence electrons. The number of nitrogens with zero attached hydrogens (tertiary/aromatic N) is 4. The molecule has 0 unspecified atom stereocenters. The second-order valence-corrected chi connectivity index (χ2v) is 14.9. The molecule has 3 aromatic rings. The number of benzene rings is 2. The third-order valence-electron chi connectivity index (χ3n) is 9.98. The van der Waals surface area contributed by atoms with Crippen molar-refractivity contribution in [2.24, 2.45) is 0 Å². The number of hydrogen-bond acceptors (Lipinski definition) is 9. The van der Waals surface area contributed by atoms with Gasteiger partial charge in [0.1, 0.15) is 17.1 Å². The molecule has 0 bridgehead atoms. The largest absolute Gasteiger partial charge is 0.465 e. The van der Waals surface area contributed by atoms with E-state index >= 15 is 0 Å². The molecule has 0 radical (unpaired) electrons. The standard InChI is InChI=1S/C38H49FN6O5S/c39-30-23-35(36(47)41-31-6-8-32(9-7-31)42-38(48)49)37(40-24-30)50-33-4-1-3-28(22-33)34-10-5-27(21-29(34)26-45-16-19-51-20-17-45)25-44-12-2-11-43(13-14-44)15-18-46/h1,3-5,10,21-24,31-32,42,46H,2,6-9,11-20,25-26H2,(H,41,47)(H,48,49)/t31-,32-. The minimum Gasteiger partial charge on any atom is -0.465 e. The lowest BCUT2D eigenvalue weighted by Gasteiger charge is -2.29. The Hall–Kier alpha value is -3.75. The van der Waals surface area contributed by atoms with Crippen LogP contribution in [-0.2, 0) is 13.1 Å². The highest BCUT2D eigenvalue weighted by Gasteiger charge is 2.26. The van der Waals surface area contributed by atoms with Crippen LogP contribution in [0.2, 0.25) is 0 Å². The molecule has 0 atom stereocenters. The van der Waals surface area contributed by atoms with E-state index in [1.165, 1.54) is 11.1 Å². The summed E-state index contributed by atoms with van der Waals surface area (Å²) in [4.78, 5) is 35.9. The maximum Gasteiger partial charge on any atom is 0.404 e. The molecule has 2 aromatic carbocycles. The van der Waals surface area contributed by atoms with E-state index in [9.17, 15) is 19.1 Å². The number of ether oxygens (including phenoxy) is 1. The molecular weight excluding hydrogens is 672 g/mol. The van der Waals surface area contributed by atoms with E-state index in [1.54, 1.807) is 0 Å². The number of carboxylic acid groups (broad SMARTS) is 1. The normalized spacial score (nSPS) is 20.7. The van der Waals surface area contributed by atoms with Gasteiger partial charge in [0.05, 0.1) is 12.8 Å². The molecule has 51 heavy (non-hydrogen) atoms. The summed E-state index contributed by atoms with van der Waals surface area (Å²) < 4.78 is 20.6. The van der Waals surface area contributed by atoms with Crippen LogP contribution in [0.4, 0.5) is 9.18 Å². The Labute approximate surface area is 303 Å². The van der Waals surface area contributed by atoms with Crippen LogP contribution in [0.15, 0.2) is 54.7 Å². The van der Waals surface area contributed by atoms with Gasteiger partial charge in [-0.1, -0.05) is 30.3 Å². The van der Waals surface area contributed by atoms with E-state index < -0.39 is 17.8 Å². The van der Waals surface area contributed by atoms with E-state index in [-0.39, 0.29) is 30.1 Å². The summed E-state index contributed by atoms with van der Waals surface area (Å²) in [6.45, 7) is 8.72. The number of thioether (sulfide) groups is 1. The number of rotatable bonds is 12. The first-order chi connectivity index (χ1) is 24.8. The minimum absolute atomic E-state index is 0.00666. The second kappa shape index (κ2) is 18.1. The maximum atomic E-state index is 14.4. The van der Waals surface area contributed by atoms with E-state index in [0.717, 1.165) is 100 Å². The first-order valence-electron chi connectivity index (χ1n) is 18.0. The van der Waals surface area contributed by atoms with E-state index in [4.69, 9.17) is 9.84 Å². The monoisotopic (exact) mass is 720 g/mol. The molecular formula is C38H49FN6O5S. The summed E-state index contributed by atoms with van der Waals surface area (Å²) in [5, 5.41) is 23.9. The summed E-state index contributed by atoms with van der Waals surface area (Å²) in [5.41, 5.74) is 4.63. The molecule has 3 aliphatic rings. The van der Waals surface area contributed by atoms with Gasteiger partial charge in [0.2, 0.25) is 5.88 Å². The number of β-amino-alcohol motifs (C(OH)–C–C–N with tert-alkyl or cyclic N) is 1. The minimum atomic E-state index is -1.05. The van der Waals surface area contributed by atoms with Gasteiger partial charge in [0, 0.05) is 69.4 Å². The molecule has 2 saturated heterocycles. The predicted octanol–water partition coefficient (Wildman–Crippen LogP) is 5.04. The fourth-order valence-corrected chi connectivity index (χ4v) is 8.27. The van der Waals surface area contributed by atoms with Crippen molar-refractivity contribution in [3.05, 3.63) is 77.2 Å². The maximum absolute atomic E-state index is 14.4. The molecule has 13 heteroatoms. The van der Waals surface area contributed by atoms with Crippen LogP contribution in [0.1, 0.15) is 53.6 Å². The first kappa shape index (κ1) is 37.0. The van der Waals surface area contributed by atoms with Gasteiger partial charge in [0.15, 0.2) is 0 Å². The number of aliphatic hydroxyl groups is 1. The highest BCUT2D eigenvalue weighted by Crippen LogP contribution is 2.32. The zero-order valence-corrected chi connectivity index (χ0v) is 29.9. The number of pyridine rings is 1. The van der Waals surface area contributed by atoms with Crippen molar-refractivity contribution in [3.63, 3.8) is 0 Å². The summed E-state index contributed by atoms with van der Waals surface area (Å²) in [6, 6.07) is 15.3. The van der Waals surface area contributed by atoms with Gasteiger partial charge in [-0.05, 0) is 85.6 Å². The van der Waals surface area contributed by atoms with Crippen LogP contribution >= 0.6 is 11.8 Å². The van der Waals surface area contributed by atoms with E-state index in [2.05, 4.69) is 54.6 Å². The van der Waals surface area contributed by atoms with Crippen LogP contribution < -0.4 is 15.4 Å². The van der Waals surface area contributed by atoms with Crippen LogP contribution in [-0.4, -0.2) is 118 Å². The fourth-order valence-electron chi connectivity index (χ4n) is 7.29. The number of halogens is 1. The average Bonchev–Trinajstić information content (AvgIpc) is 3.35. The Morgan fingerprint density at radius 2 is 1.61 bits per heavy atom. The number of amides is 2. The lowest BCUT2D eigenvalue weighted by Crippen LogP contribution is -2.43. The molecule has 4 N–H and O–H groups in total. The van der Waals surface area contributed by atoms with Crippen LogP contribution in [0.5, 0.6) is 11.6 Å². The number of aliphatic hydroxyl groups excluding tert-OH is 1. The zero-order chi connectivity index (χ0) is 35.6. The molecule has 1 aliphatic carbocycles. The summed E-state index contributed by atoms with van der Waals surface area (Å²) in [7, 11) is 0. The molecule has 3 fully saturated rings. The van der Waals surface area contributed by atoms with Crippen molar-refractivity contribution in [1.29, 1.82) is 0 Å². The van der Waals surface area contributed by atoms with Crippen molar-refractivity contribution < 1.29 is 28.9 Å². The third kappa shape index (κ3) is 10.6. The molecule has 0 spiro atoms. The van der Waals surface area contributed by atoms with Gasteiger partial charge < -0.3 is 25.6 Å². The van der Waals surface area contributed by atoms with E-state index in [0.29, 0.717) is 31.4 Å². The average molecular weight is 721 g/mol. The lowest BCUT2D eigenvalue weighted by atomic mass is 9.91. The quantitative estimate of drug-likeness (QED) is 0.202. The Balaban J connectivity index is 1.18. The smallest absolute Gasteiger partial charge is 0.404 e. The first-order valence-corrected chi connectivity index (χ1v) is 19.2. The Kier molecular flexibility index (Phi) is 13.2. The lowest BCUT2D eigenvalue weighted by molar-refractivity contribution is 0.0919. The molecule has 2 amide bonds. The zero-order valence-electron chi connectivity index (χ0n) is 29.1.